The van der Waals surface area contributed by atoms with E-state index in [1.807, 2.05) is 30.9 Å². The molecule has 1 aliphatic heterocycles. The molecule has 0 atom stereocenters. The van der Waals surface area contributed by atoms with E-state index in [0.717, 1.165) is 44.6 Å². The van der Waals surface area contributed by atoms with Crippen LogP contribution in [-0.4, -0.2) is 43.0 Å². The van der Waals surface area contributed by atoms with Gasteiger partial charge in [0.1, 0.15) is 0 Å². The summed E-state index contributed by atoms with van der Waals surface area (Å²) < 4.78 is 0. The maximum Gasteiger partial charge on any atom is 0.253 e. The Kier molecular flexibility index (Phi) is 8.81. The molecule has 4 heteroatoms. The summed E-state index contributed by atoms with van der Waals surface area (Å²) in [6, 6.07) is 17.7. The number of anilines is 1. The first-order valence-corrected chi connectivity index (χ1v) is 13.4. The van der Waals surface area contributed by atoms with E-state index in [0.29, 0.717) is 6.04 Å². The van der Waals surface area contributed by atoms with Gasteiger partial charge in [0.2, 0.25) is 0 Å². The second kappa shape index (κ2) is 12.2. The average molecular weight is 460 g/mol. The third-order valence-electron chi connectivity index (χ3n) is 7.44. The Morgan fingerprint density at radius 1 is 0.882 bits per heavy atom. The Balaban J connectivity index is 1.69. The highest BCUT2D eigenvalue weighted by molar-refractivity contribution is 5.95. The highest BCUT2D eigenvalue weighted by Gasteiger charge is 2.20. The van der Waals surface area contributed by atoms with Crippen molar-refractivity contribution < 1.29 is 4.79 Å². The van der Waals surface area contributed by atoms with Gasteiger partial charge >= 0.3 is 0 Å². The molecular formula is C30H41N3O. The van der Waals surface area contributed by atoms with Crippen LogP contribution in [0, 0.1) is 0 Å². The van der Waals surface area contributed by atoms with Gasteiger partial charge in [-0.2, -0.15) is 0 Å². The summed E-state index contributed by atoms with van der Waals surface area (Å²) in [5.74, 6) is 0.114. The van der Waals surface area contributed by atoms with Crippen LogP contribution in [0.1, 0.15) is 86.7 Å². The summed E-state index contributed by atoms with van der Waals surface area (Å²) in [5, 5.41) is 7.44. The summed E-state index contributed by atoms with van der Waals surface area (Å²) in [7, 11) is 0. The van der Waals surface area contributed by atoms with Crippen LogP contribution in [0.25, 0.3) is 5.57 Å². The molecule has 0 unspecified atom stereocenters. The highest BCUT2D eigenvalue weighted by Crippen LogP contribution is 2.36. The maximum atomic E-state index is 12.9. The molecule has 0 radical (unpaired) electrons. The third kappa shape index (κ3) is 5.90. The number of rotatable bonds is 7. The van der Waals surface area contributed by atoms with Crippen LogP contribution in [0.15, 0.2) is 54.1 Å². The number of hydrogen-bond acceptors (Lipinski definition) is 3. The van der Waals surface area contributed by atoms with Crippen molar-refractivity contribution in [2.45, 2.75) is 71.3 Å². The Hall–Kier alpha value is -2.59. The Bertz CT molecular complexity index is 959. The average Bonchev–Trinajstić information content (AvgIpc) is 3.16. The van der Waals surface area contributed by atoms with Crippen molar-refractivity contribution in [2.75, 3.05) is 31.5 Å². The number of nitrogens with zero attached hydrogens (tertiary/aromatic N) is 1. The fourth-order valence-corrected chi connectivity index (χ4v) is 5.47. The van der Waals surface area contributed by atoms with Crippen LogP contribution in [0.3, 0.4) is 0 Å². The lowest BCUT2D eigenvalue weighted by Crippen LogP contribution is -2.30. The van der Waals surface area contributed by atoms with Gasteiger partial charge in [-0.3, -0.25) is 4.79 Å². The Morgan fingerprint density at radius 2 is 1.50 bits per heavy atom. The van der Waals surface area contributed by atoms with Crippen LogP contribution < -0.4 is 10.6 Å². The van der Waals surface area contributed by atoms with Crippen molar-refractivity contribution in [3.8, 4) is 0 Å². The van der Waals surface area contributed by atoms with Crippen LogP contribution in [0.4, 0.5) is 5.69 Å². The summed E-state index contributed by atoms with van der Waals surface area (Å²) in [5.41, 5.74) is 7.39. The van der Waals surface area contributed by atoms with Crippen LogP contribution in [0.2, 0.25) is 0 Å². The van der Waals surface area contributed by atoms with Gasteiger partial charge < -0.3 is 15.5 Å². The van der Waals surface area contributed by atoms with Gasteiger partial charge in [-0.15, -0.1) is 0 Å². The molecule has 1 saturated carbocycles. The number of piperidine rings is 1. The van der Waals surface area contributed by atoms with Crippen molar-refractivity contribution in [2.24, 2.45) is 0 Å². The summed E-state index contributed by atoms with van der Waals surface area (Å²) in [6.45, 7) is 7.59. The molecule has 2 aliphatic rings. The minimum Gasteiger partial charge on any atom is -0.382 e. The van der Waals surface area contributed by atoms with Crippen LogP contribution in [0.5, 0.6) is 0 Å². The smallest absolute Gasteiger partial charge is 0.253 e. The lowest BCUT2D eigenvalue weighted by molar-refractivity contribution is 0.0773. The van der Waals surface area contributed by atoms with Crippen molar-refractivity contribution in [1.82, 2.24) is 10.2 Å². The number of carbonyl (C=O) groups is 1. The minimum atomic E-state index is 0.114. The van der Waals surface area contributed by atoms with E-state index in [2.05, 4.69) is 47.0 Å². The second-order valence-corrected chi connectivity index (χ2v) is 9.66. The van der Waals surface area contributed by atoms with E-state index in [4.69, 9.17) is 0 Å². The highest BCUT2D eigenvalue weighted by atomic mass is 16.2. The Morgan fingerprint density at radius 3 is 2.15 bits per heavy atom. The van der Waals surface area contributed by atoms with E-state index >= 15 is 0 Å². The zero-order valence-corrected chi connectivity index (χ0v) is 21.0. The molecule has 1 aliphatic carbocycles. The van der Waals surface area contributed by atoms with Gasteiger partial charge in [-0.25, -0.2) is 0 Å². The van der Waals surface area contributed by atoms with E-state index < -0.39 is 0 Å². The van der Waals surface area contributed by atoms with Crippen molar-refractivity contribution >= 4 is 17.2 Å². The van der Waals surface area contributed by atoms with Crippen LogP contribution in [-0.2, 0) is 0 Å². The van der Waals surface area contributed by atoms with Crippen LogP contribution >= 0.6 is 0 Å². The zero-order chi connectivity index (χ0) is 23.8. The molecule has 1 heterocycles. The monoisotopic (exact) mass is 459 g/mol. The SMILES string of the molecule is CCN(CC)C(=O)c1ccc(C(=C2CCNCC2)c2ccccc2NC2CCCCCC2)cc1. The lowest BCUT2D eigenvalue weighted by atomic mass is 9.87. The van der Waals surface area contributed by atoms with Gasteiger partial charge in [0, 0.05) is 35.9 Å². The standard InChI is InChI=1S/C30H41N3O/c1-3-33(4-2)30(34)25-17-15-23(16-18-25)29(24-19-21-31-22-20-24)27-13-9-10-14-28(27)32-26-11-7-5-6-8-12-26/h9-10,13-18,26,31-32H,3-8,11-12,19-22H2,1-2H3. The molecule has 2 fully saturated rings. The molecule has 1 amide bonds. The minimum absolute atomic E-state index is 0.114. The van der Waals surface area contributed by atoms with Gasteiger partial charge in [0.25, 0.3) is 5.91 Å². The number of nitrogens with one attached hydrogen (secondary N) is 2. The fourth-order valence-electron chi connectivity index (χ4n) is 5.47. The molecule has 1 saturated heterocycles. The quantitative estimate of drug-likeness (QED) is 0.465. The largest absolute Gasteiger partial charge is 0.382 e. The number of hydrogen-bond donors (Lipinski definition) is 2. The van der Waals surface area contributed by atoms with Gasteiger partial charge in [-0.1, -0.05) is 61.6 Å². The molecule has 4 rings (SSSR count). The predicted molar refractivity (Wildman–Crippen MR) is 143 cm³/mol. The first kappa shape index (κ1) is 24.5. The maximum absolute atomic E-state index is 12.9. The lowest BCUT2D eigenvalue weighted by Gasteiger charge is -2.25. The Labute approximate surface area is 205 Å². The predicted octanol–water partition coefficient (Wildman–Crippen LogP) is 6.49. The molecule has 4 nitrogen and oxygen atoms in total. The first-order valence-electron chi connectivity index (χ1n) is 13.4. The van der Waals surface area contributed by atoms with Crippen molar-refractivity contribution in [1.29, 1.82) is 0 Å². The molecule has 0 bridgehead atoms. The molecule has 182 valence electrons. The topological polar surface area (TPSA) is 44.4 Å². The summed E-state index contributed by atoms with van der Waals surface area (Å²) >= 11 is 0. The van der Waals surface area contributed by atoms with Gasteiger partial charge in [0.15, 0.2) is 0 Å². The molecular weight excluding hydrogens is 418 g/mol. The molecule has 0 spiro atoms. The third-order valence-corrected chi connectivity index (χ3v) is 7.44. The van der Waals surface area contributed by atoms with Gasteiger partial charge in [-0.05, 0) is 82.0 Å². The molecule has 2 aromatic rings. The van der Waals surface area contributed by atoms with E-state index in [1.54, 1.807) is 0 Å². The van der Waals surface area contributed by atoms with E-state index in [-0.39, 0.29) is 5.91 Å². The second-order valence-electron chi connectivity index (χ2n) is 9.66. The normalized spacial score (nSPS) is 17.2. The van der Waals surface area contributed by atoms with Crippen molar-refractivity contribution in [3.05, 3.63) is 70.8 Å². The fraction of sp³-hybridized carbons (Fsp3) is 0.500. The molecule has 34 heavy (non-hydrogen) atoms. The first-order chi connectivity index (χ1) is 16.7. The number of carbonyl (C=O) groups excluding carboxylic acids is 1. The zero-order valence-electron chi connectivity index (χ0n) is 21.0. The van der Waals surface area contributed by atoms with E-state index in [9.17, 15) is 4.79 Å². The molecule has 2 aromatic carbocycles. The number of para-hydroxylation sites is 1. The van der Waals surface area contributed by atoms with Gasteiger partial charge in [0.05, 0.1) is 0 Å². The van der Waals surface area contributed by atoms with E-state index in [1.165, 1.54) is 66.5 Å². The molecule has 0 aromatic heterocycles. The molecule has 2 N–H and O–H groups in total. The summed E-state index contributed by atoms with van der Waals surface area (Å²) in [4.78, 5) is 14.7. The summed E-state index contributed by atoms with van der Waals surface area (Å²) in [6.07, 6.45) is 10.0. The van der Waals surface area contributed by atoms with Crippen molar-refractivity contribution in [3.63, 3.8) is 0 Å². The number of benzene rings is 2. The number of amides is 1.